The monoisotopic (exact) mass is 435 g/mol. The van der Waals surface area contributed by atoms with Crippen molar-refractivity contribution in [3.8, 4) is 11.7 Å². The molecule has 0 bridgehead atoms. The number of morpholine rings is 1. The minimum Gasteiger partial charge on any atom is -0.459 e. The van der Waals surface area contributed by atoms with E-state index < -0.39 is 15.7 Å². The lowest BCUT2D eigenvalue weighted by Crippen LogP contribution is -2.37. The molecule has 0 radical (unpaired) electrons. The molecule has 10 heteroatoms. The summed E-state index contributed by atoms with van der Waals surface area (Å²) in [5, 5.41) is 2.78. The van der Waals surface area contributed by atoms with Gasteiger partial charge in [0.25, 0.3) is 5.89 Å². The molecule has 8 nitrogen and oxygen atoms in total. The van der Waals surface area contributed by atoms with Gasteiger partial charge in [-0.3, -0.25) is 4.90 Å². The molecule has 0 unspecified atom stereocenters. The van der Waals surface area contributed by atoms with Crippen LogP contribution in [-0.2, 0) is 14.6 Å². The van der Waals surface area contributed by atoms with Crippen LogP contribution in [0.2, 0.25) is 0 Å². The molecule has 0 atom stereocenters. The summed E-state index contributed by atoms with van der Waals surface area (Å²) in [5.74, 6) is -0.122. The van der Waals surface area contributed by atoms with Gasteiger partial charge >= 0.3 is 0 Å². The Kier molecular flexibility index (Phi) is 6.16. The fourth-order valence-electron chi connectivity index (χ4n) is 3.16. The number of anilines is 1. The van der Waals surface area contributed by atoms with Gasteiger partial charge in [-0.05, 0) is 49.4 Å². The first-order valence-electron chi connectivity index (χ1n) is 9.63. The van der Waals surface area contributed by atoms with Gasteiger partial charge in [0.1, 0.15) is 5.82 Å². The van der Waals surface area contributed by atoms with E-state index >= 15 is 0 Å². The number of furan rings is 1. The Hall–Kier alpha value is -2.69. The number of nitrogens with zero attached hydrogens (tertiary/aromatic N) is 2. The first-order chi connectivity index (χ1) is 14.5. The zero-order chi connectivity index (χ0) is 21.0. The molecule has 30 heavy (non-hydrogen) atoms. The minimum absolute atomic E-state index is 0.0349. The lowest BCUT2D eigenvalue weighted by Gasteiger charge is -2.26. The Bertz CT molecular complexity index is 1060. The van der Waals surface area contributed by atoms with Crippen molar-refractivity contribution in [2.45, 2.75) is 16.3 Å². The van der Waals surface area contributed by atoms with Crippen LogP contribution in [0.15, 0.2) is 61.4 Å². The molecule has 2 aromatic heterocycles. The van der Waals surface area contributed by atoms with Crippen molar-refractivity contribution >= 4 is 15.7 Å². The first kappa shape index (κ1) is 20.6. The quantitative estimate of drug-likeness (QED) is 0.426. The third kappa shape index (κ3) is 4.55. The van der Waals surface area contributed by atoms with Crippen LogP contribution in [0.25, 0.3) is 11.7 Å². The topological polar surface area (TPSA) is 97.8 Å². The maximum Gasteiger partial charge on any atom is 0.266 e. The van der Waals surface area contributed by atoms with Crippen molar-refractivity contribution in [2.24, 2.45) is 0 Å². The summed E-state index contributed by atoms with van der Waals surface area (Å²) in [7, 11) is -4.02. The van der Waals surface area contributed by atoms with Crippen molar-refractivity contribution in [1.82, 2.24) is 9.88 Å². The third-order valence-corrected chi connectivity index (χ3v) is 6.43. The van der Waals surface area contributed by atoms with Gasteiger partial charge in [-0.25, -0.2) is 12.8 Å². The zero-order valence-corrected chi connectivity index (χ0v) is 17.0. The second-order valence-corrected chi connectivity index (χ2v) is 8.69. The number of nitrogens with one attached hydrogen (secondary N) is 1. The Morgan fingerprint density at radius 1 is 1.13 bits per heavy atom. The fourth-order valence-corrected chi connectivity index (χ4v) is 4.44. The number of ether oxygens (including phenoxy) is 1. The highest BCUT2D eigenvalue weighted by Gasteiger charge is 2.29. The van der Waals surface area contributed by atoms with Crippen LogP contribution in [-0.4, -0.2) is 57.7 Å². The van der Waals surface area contributed by atoms with E-state index in [1.54, 1.807) is 12.1 Å². The molecular weight excluding hydrogens is 413 g/mol. The van der Waals surface area contributed by atoms with E-state index in [0.717, 1.165) is 51.4 Å². The number of benzene rings is 1. The van der Waals surface area contributed by atoms with Gasteiger partial charge in [-0.15, -0.1) is 0 Å². The van der Waals surface area contributed by atoms with E-state index in [4.69, 9.17) is 13.6 Å². The zero-order valence-electron chi connectivity index (χ0n) is 16.2. The molecule has 3 aromatic rings. The molecular formula is C20H22FN3O5S. The molecule has 1 fully saturated rings. The molecule has 0 spiro atoms. The fraction of sp³-hybridized carbons (Fsp3) is 0.350. The maximum absolute atomic E-state index is 13.2. The summed E-state index contributed by atoms with van der Waals surface area (Å²) in [6, 6.07) is 7.87. The molecule has 0 saturated carbocycles. The normalized spacial score (nSPS) is 15.4. The molecule has 1 N–H and O–H groups in total. The predicted molar refractivity (Wildman–Crippen MR) is 106 cm³/mol. The molecule has 0 aliphatic carbocycles. The number of hydrogen-bond donors (Lipinski definition) is 1. The first-order valence-corrected chi connectivity index (χ1v) is 11.1. The predicted octanol–water partition coefficient (Wildman–Crippen LogP) is 3.04. The van der Waals surface area contributed by atoms with Gasteiger partial charge in [0.15, 0.2) is 5.76 Å². The van der Waals surface area contributed by atoms with Gasteiger partial charge in [0, 0.05) is 19.6 Å². The van der Waals surface area contributed by atoms with E-state index in [0.29, 0.717) is 12.3 Å². The highest BCUT2D eigenvalue weighted by atomic mass is 32.2. The molecule has 1 aliphatic heterocycles. The van der Waals surface area contributed by atoms with E-state index in [2.05, 4.69) is 15.2 Å². The summed E-state index contributed by atoms with van der Waals surface area (Å²) in [6.45, 7) is 4.57. The smallest absolute Gasteiger partial charge is 0.266 e. The SMILES string of the molecule is O=S(=O)(c1ccc(F)cc1)c1nc(-c2ccco2)oc1NCCCN1CCOCC1. The van der Waals surface area contributed by atoms with E-state index in [1.807, 2.05) is 0 Å². The molecule has 4 rings (SSSR count). The summed E-state index contributed by atoms with van der Waals surface area (Å²) in [6.07, 6.45) is 2.23. The summed E-state index contributed by atoms with van der Waals surface area (Å²) in [5.41, 5.74) is 0. The second-order valence-electron chi connectivity index (χ2n) is 6.82. The van der Waals surface area contributed by atoms with Crippen LogP contribution in [0.3, 0.4) is 0 Å². The van der Waals surface area contributed by atoms with Crippen molar-refractivity contribution in [1.29, 1.82) is 0 Å². The lowest BCUT2D eigenvalue weighted by molar-refractivity contribution is 0.0378. The average molecular weight is 435 g/mol. The van der Waals surface area contributed by atoms with Crippen LogP contribution in [0.5, 0.6) is 0 Å². The number of hydrogen-bond acceptors (Lipinski definition) is 8. The number of aromatic nitrogens is 1. The van der Waals surface area contributed by atoms with Gasteiger partial charge in [0.2, 0.25) is 20.7 Å². The summed E-state index contributed by atoms with van der Waals surface area (Å²) in [4.78, 5) is 6.38. The Morgan fingerprint density at radius 3 is 2.60 bits per heavy atom. The molecule has 160 valence electrons. The molecule has 1 aliphatic rings. The van der Waals surface area contributed by atoms with E-state index in [-0.39, 0.29) is 21.7 Å². The van der Waals surface area contributed by atoms with Crippen molar-refractivity contribution in [3.63, 3.8) is 0 Å². The van der Waals surface area contributed by atoms with Crippen LogP contribution >= 0.6 is 0 Å². The summed E-state index contributed by atoms with van der Waals surface area (Å²) >= 11 is 0. The second kappa shape index (κ2) is 8.99. The Labute approximate surface area is 173 Å². The van der Waals surface area contributed by atoms with Gasteiger partial charge in [-0.2, -0.15) is 4.98 Å². The van der Waals surface area contributed by atoms with Gasteiger partial charge in [0.05, 0.1) is 24.4 Å². The van der Waals surface area contributed by atoms with Crippen LogP contribution < -0.4 is 5.32 Å². The summed E-state index contributed by atoms with van der Waals surface area (Å²) < 4.78 is 55.7. The third-order valence-electron chi connectivity index (χ3n) is 4.75. The van der Waals surface area contributed by atoms with Gasteiger partial charge < -0.3 is 18.9 Å². The van der Waals surface area contributed by atoms with Crippen molar-refractivity contribution in [2.75, 3.05) is 44.7 Å². The minimum atomic E-state index is -4.02. The number of sulfone groups is 1. The van der Waals surface area contributed by atoms with Crippen LogP contribution in [0, 0.1) is 5.82 Å². The maximum atomic E-state index is 13.2. The Balaban J connectivity index is 1.54. The van der Waals surface area contributed by atoms with Gasteiger partial charge in [-0.1, -0.05) is 0 Å². The number of oxazole rings is 1. The average Bonchev–Trinajstić information content (AvgIpc) is 3.42. The largest absolute Gasteiger partial charge is 0.459 e. The van der Waals surface area contributed by atoms with Crippen molar-refractivity contribution < 1.29 is 26.4 Å². The highest BCUT2D eigenvalue weighted by Crippen LogP contribution is 2.32. The molecule has 3 heterocycles. The molecule has 1 aromatic carbocycles. The van der Waals surface area contributed by atoms with Crippen LogP contribution in [0.4, 0.5) is 10.3 Å². The van der Waals surface area contributed by atoms with Crippen molar-refractivity contribution in [3.05, 3.63) is 48.5 Å². The Morgan fingerprint density at radius 2 is 1.90 bits per heavy atom. The highest BCUT2D eigenvalue weighted by molar-refractivity contribution is 7.91. The van der Waals surface area contributed by atoms with E-state index in [1.165, 1.54) is 18.4 Å². The van der Waals surface area contributed by atoms with Crippen LogP contribution in [0.1, 0.15) is 6.42 Å². The number of rotatable bonds is 8. The standard InChI is InChI=1S/C20H22FN3O5S/c21-15-4-6-16(7-5-15)30(25,26)20-19(29-18(23-20)17-3-1-12-28-17)22-8-2-9-24-10-13-27-14-11-24/h1,3-7,12,22H,2,8-11,13-14H2. The molecule has 1 saturated heterocycles. The molecule has 0 amide bonds. The number of halogens is 1. The lowest BCUT2D eigenvalue weighted by atomic mass is 10.3. The van der Waals surface area contributed by atoms with E-state index in [9.17, 15) is 12.8 Å².